The molecule has 2 aliphatic rings. The van der Waals surface area contributed by atoms with Crippen molar-refractivity contribution in [3.05, 3.63) is 57.4 Å². The van der Waals surface area contributed by atoms with Gasteiger partial charge in [0, 0.05) is 37.7 Å². The molecule has 1 spiro atoms. The zero-order valence-electron chi connectivity index (χ0n) is 22.5. The van der Waals surface area contributed by atoms with E-state index in [0.29, 0.717) is 23.3 Å². The zero-order valence-corrected chi connectivity index (χ0v) is 24.1. The van der Waals surface area contributed by atoms with E-state index in [1.54, 1.807) is 12.1 Å². The molecule has 0 radical (unpaired) electrons. The molecule has 1 fully saturated rings. The summed E-state index contributed by atoms with van der Waals surface area (Å²) >= 11 is 3.23. The number of nitrogens with one attached hydrogen (secondary N) is 1. The summed E-state index contributed by atoms with van der Waals surface area (Å²) < 4.78 is 20.5. The summed E-state index contributed by atoms with van der Waals surface area (Å²) in [7, 11) is 2.02. The summed E-state index contributed by atoms with van der Waals surface area (Å²) in [6.07, 6.45) is 6.42. The Balaban J connectivity index is 1.55. The molecule has 0 saturated heterocycles. The average Bonchev–Trinajstić information content (AvgIpc) is 2.78. The van der Waals surface area contributed by atoms with E-state index >= 15 is 0 Å². The number of fused-ring (bicyclic) bond motifs is 1. The first-order chi connectivity index (χ1) is 17.3. The maximum Gasteiger partial charge on any atom is 0.218 e. The Kier molecular flexibility index (Phi) is 8.31. The van der Waals surface area contributed by atoms with Gasteiger partial charge in [0.15, 0.2) is 0 Å². The molecule has 0 bridgehead atoms. The van der Waals surface area contributed by atoms with Crippen molar-refractivity contribution < 1.29 is 19.0 Å². The molecule has 0 unspecified atom stereocenters. The Hall–Kier alpha value is -2.03. The highest BCUT2D eigenvalue weighted by Gasteiger charge is 2.47. The van der Waals surface area contributed by atoms with Gasteiger partial charge in [-0.3, -0.25) is 9.69 Å². The number of hydrogen-bond donors (Lipinski definition) is 2. The van der Waals surface area contributed by atoms with E-state index in [2.05, 4.69) is 53.0 Å². The third-order valence-electron chi connectivity index (χ3n) is 7.47. The van der Waals surface area contributed by atoms with Crippen LogP contribution in [0.3, 0.4) is 0 Å². The molecule has 2 aromatic rings. The fourth-order valence-corrected chi connectivity index (χ4v) is 5.97. The summed E-state index contributed by atoms with van der Waals surface area (Å²) in [5.74, 6) is 0.140. The molecular formula is C29H39BrFN3O3. The van der Waals surface area contributed by atoms with Gasteiger partial charge < -0.3 is 15.2 Å². The van der Waals surface area contributed by atoms with Gasteiger partial charge in [-0.05, 0) is 89.8 Å². The number of ether oxygens (including phenoxy) is 1. The van der Waals surface area contributed by atoms with E-state index in [4.69, 9.17) is 9.72 Å². The lowest BCUT2D eigenvalue weighted by Gasteiger charge is -2.49. The Morgan fingerprint density at radius 3 is 2.65 bits per heavy atom. The van der Waals surface area contributed by atoms with Crippen LogP contribution in [0.15, 0.2) is 34.9 Å². The Morgan fingerprint density at radius 1 is 1.32 bits per heavy atom. The second kappa shape index (κ2) is 11.0. The number of pyridine rings is 1. The maximum absolute atomic E-state index is 13.7. The average molecular weight is 577 g/mol. The first-order valence-electron chi connectivity index (χ1n) is 13.1. The monoisotopic (exact) mass is 575 g/mol. The van der Waals surface area contributed by atoms with Crippen LogP contribution < -0.4 is 10.1 Å². The molecule has 8 heteroatoms. The van der Waals surface area contributed by atoms with Gasteiger partial charge in [-0.15, -0.1) is 0 Å². The summed E-state index contributed by atoms with van der Waals surface area (Å²) in [5, 5.41) is 14.2. The number of amides is 1. The van der Waals surface area contributed by atoms with E-state index in [-0.39, 0.29) is 28.8 Å². The van der Waals surface area contributed by atoms with Crippen molar-refractivity contribution in [2.24, 2.45) is 5.41 Å². The molecule has 2 N–H and O–H groups in total. The quantitative estimate of drug-likeness (QED) is 0.443. The zero-order chi connectivity index (χ0) is 27.0. The molecule has 4 rings (SSSR count). The van der Waals surface area contributed by atoms with Gasteiger partial charge in [-0.25, -0.2) is 9.37 Å². The number of nitrogens with zero attached hydrogens (tertiary/aromatic N) is 2. The fraction of sp³-hybridized carbons (Fsp3) is 0.586. The van der Waals surface area contributed by atoms with Crippen molar-refractivity contribution in [2.45, 2.75) is 90.0 Å². The molecule has 37 heavy (non-hydrogen) atoms. The minimum absolute atomic E-state index is 0.0454. The smallest absolute Gasteiger partial charge is 0.218 e. The second-order valence-electron chi connectivity index (χ2n) is 12.1. The molecule has 1 amide bonds. The minimum Gasteiger partial charge on any atom is -0.471 e. The summed E-state index contributed by atoms with van der Waals surface area (Å²) in [4.78, 5) is 18.9. The molecule has 3 atom stereocenters. The number of halogens is 2. The summed E-state index contributed by atoms with van der Waals surface area (Å²) in [6, 6.07) is 6.51. The van der Waals surface area contributed by atoms with Crippen LogP contribution in [0.25, 0.3) is 0 Å². The molecule has 6 nitrogen and oxygen atoms in total. The third-order valence-corrected chi connectivity index (χ3v) is 8.08. The number of carbonyl (C=O) groups is 1. The third kappa shape index (κ3) is 6.89. The number of likely N-dealkylation sites (N-methyl/N-ethyl adjacent to an activating group) is 1. The maximum atomic E-state index is 13.7. The van der Waals surface area contributed by atoms with Crippen molar-refractivity contribution in [1.29, 1.82) is 0 Å². The largest absolute Gasteiger partial charge is 0.471 e. The van der Waals surface area contributed by atoms with Gasteiger partial charge in [-0.1, -0.05) is 26.8 Å². The van der Waals surface area contributed by atoms with Gasteiger partial charge >= 0.3 is 0 Å². The lowest BCUT2D eigenvalue weighted by atomic mass is 9.72. The van der Waals surface area contributed by atoms with Crippen molar-refractivity contribution in [2.75, 3.05) is 13.6 Å². The van der Waals surface area contributed by atoms with Gasteiger partial charge in [0.25, 0.3) is 0 Å². The van der Waals surface area contributed by atoms with Crippen LogP contribution in [0.1, 0.15) is 76.1 Å². The summed E-state index contributed by atoms with van der Waals surface area (Å²) in [5.41, 5.74) is 3.02. The lowest BCUT2D eigenvalue weighted by molar-refractivity contribution is -0.120. The van der Waals surface area contributed by atoms with E-state index in [1.165, 1.54) is 18.6 Å². The highest BCUT2D eigenvalue weighted by atomic mass is 79.9. The lowest BCUT2D eigenvalue weighted by Crippen LogP contribution is -2.52. The number of benzene rings is 1. The summed E-state index contributed by atoms with van der Waals surface area (Å²) in [6.45, 7) is 8.45. The van der Waals surface area contributed by atoms with Crippen LogP contribution in [-0.2, 0) is 17.6 Å². The second-order valence-corrected chi connectivity index (χ2v) is 13.0. The number of hydrogen-bond acceptors (Lipinski definition) is 5. The standard InChI is InChI=1S/C29H39BrFN3O3/c1-18(35)33-24(13-19-7-8-23(31)22(30)12-19)26(36)17-34(5)25-15-29(9-6-10-29)37-27-21(25)11-20(16-32-27)14-28(2,3)4/h7-8,11-12,16,24-26,36H,6,9-10,13-15,17H2,1-5H3,(H,33,35)/t24-,25-,26+/m0/s1. The van der Waals surface area contributed by atoms with Crippen LogP contribution in [0, 0.1) is 11.2 Å². The molecular weight excluding hydrogens is 537 g/mol. The highest BCUT2D eigenvalue weighted by Crippen LogP contribution is 2.50. The van der Waals surface area contributed by atoms with Crippen molar-refractivity contribution >= 4 is 21.8 Å². The number of carbonyl (C=O) groups excluding carboxylic acids is 1. The highest BCUT2D eigenvalue weighted by molar-refractivity contribution is 9.10. The van der Waals surface area contributed by atoms with Gasteiger partial charge in [0.2, 0.25) is 11.8 Å². The molecule has 1 aromatic carbocycles. The Labute approximate surface area is 228 Å². The Bertz CT molecular complexity index is 1130. The first-order valence-corrected chi connectivity index (χ1v) is 13.9. The predicted molar refractivity (Wildman–Crippen MR) is 146 cm³/mol. The number of rotatable bonds is 8. The van der Waals surface area contributed by atoms with Crippen LogP contribution in [-0.4, -0.2) is 52.2 Å². The van der Waals surface area contributed by atoms with Crippen LogP contribution in [0.4, 0.5) is 4.39 Å². The van der Waals surface area contributed by atoms with Crippen molar-refractivity contribution in [1.82, 2.24) is 15.2 Å². The molecule has 1 saturated carbocycles. The van der Waals surface area contributed by atoms with Crippen molar-refractivity contribution in [3.8, 4) is 5.88 Å². The topological polar surface area (TPSA) is 74.7 Å². The van der Waals surface area contributed by atoms with Crippen LogP contribution in [0.5, 0.6) is 5.88 Å². The predicted octanol–water partition coefficient (Wildman–Crippen LogP) is 5.36. The molecule has 1 aromatic heterocycles. The van der Waals surface area contributed by atoms with E-state index < -0.39 is 12.1 Å². The number of aliphatic hydroxyl groups excluding tert-OH is 1. The molecule has 202 valence electrons. The van der Waals surface area contributed by atoms with E-state index in [1.807, 2.05) is 13.2 Å². The SMILES string of the molecule is CC(=O)N[C@@H](Cc1ccc(F)c(Br)c1)[C@H](O)CN(C)[C@H]1CC2(CCC2)Oc2ncc(CC(C)(C)C)cc21. The van der Waals surface area contributed by atoms with Gasteiger partial charge in [-0.2, -0.15) is 0 Å². The fourth-order valence-electron chi connectivity index (χ4n) is 5.54. The number of aliphatic hydroxyl groups is 1. The molecule has 1 aliphatic heterocycles. The van der Waals surface area contributed by atoms with E-state index in [0.717, 1.165) is 43.2 Å². The van der Waals surface area contributed by atoms with Crippen molar-refractivity contribution in [3.63, 3.8) is 0 Å². The Morgan fingerprint density at radius 2 is 2.05 bits per heavy atom. The first kappa shape index (κ1) is 28.0. The number of aromatic nitrogens is 1. The van der Waals surface area contributed by atoms with Crippen LogP contribution in [0.2, 0.25) is 0 Å². The van der Waals surface area contributed by atoms with E-state index in [9.17, 15) is 14.3 Å². The van der Waals surface area contributed by atoms with Gasteiger partial charge in [0.1, 0.15) is 11.4 Å². The van der Waals surface area contributed by atoms with Gasteiger partial charge in [0.05, 0.1) is 16.6 Å². The van der Waals surface area contributed by atoms with Crippen LogP contribution >= 0.6 is 15.9 Å². The normalized spacial score (nSPS) is 20.1. The minimum atomic E-state index is -0.827. The molecule has 1 aliphatic carbocycles. The molecule has 2 heterocycles.